The quantitative estimate of drug-likeness (QED) is 0.711. The van der Waals surface area contributed by atoms with Gasteiger partial charge in [0.25, 0.3) is 0 Å². The summed E-state index contributed by atoms with van der Waals surface area (Å²) >= 11 is 7.90. The molecule has 1 fully saturated rings. The molecule has 1 aliphatic rings. The summed E-state index contributed by atoms with van der Waals surface area (Å²) in [5.74, 6) is 3.15. The van der Waals surface area contributed by atoms with Crippen molar-refractivity contribution in [2.75, 3.05) is 50.8 Å². The number of aliphatic hydroxyl groups excluding tert-OH is 1. The van der Waals surface area contributed by atoms with E-state index in [1.54, 1.807) is 12.1 Å². The number of ether oxygens (including phenoxy) is 1. The zero-order chi connectivity index (χ0) is 14.9. The number of nitrogens with one attached hydrogen (secondary N) is 1. The van der Waals surface area contributed by atoms with Crippen molar-refractivity contribution in [3.63, 3.8) is 0 Å². The number of aliphatic hydroxyl groups is 1. The van der Waals surface area contributed by atoms with Gasteiger partial charge >= 0.3 is 0 Å². The van der Waals surface area contributed by atoms with Crippen molar-refractivity contribution in [3.8, 4) is 5.75 Å². The molecule has 0 amide bonds. The summed E-state index contributed by atoms with van der Waals surface area (Å²) in [6.07, 6.45) is -0.513. The third-order valence-corrected chi connectivity index (χ3v) is 4.50. The zero-order valence-corrected chi connectivity index (χ0v) is 13.7. The zero-order valence-electron chi connectivity index (χ0n) is 12.1. The van der Waals surface area contributed by atoms with E-state index in [-0.39, 0.29) is 6.61 Å². The van der Waals surface area contributed by atoms with Crippen molar-refractivity contribution in [1.29, 1.82) is 0 Å². The molecule has 1 unspecified atom stereocenters. The molecule has 0 aliphatic carbocycles. The van der Waals surface area contributed by atoms with Gasteiger partial charge < -0.3 is 20.1 Å². The predicted octanol–water partition coefficient (Wildman–Crippen LogP) is 1.72. The van der Waals surface area contributed by atoms with Gasteiger partial charge in [-0.3, -0.25) is 0 Å². The first-order chi connectivity index (χ1) is 10.2. The largest absolute Gasteiger partial charge is 0.491 e. The summed E-state index contributed by atoms with van der Waals surface area (Å²) in [6.45, 7) is 5.11. The van der Waals surface area contributed by atoms with Gasteiger partial charge in [0.1, 0.15) is 18.5 Å². The third kappa shape index (κ3) is 6.89. The second-order valence-corrected chi connectivity index (χ2v) is 6.74. The Morgan fingerprint density at radius 1 is 1.38 bits per heavy atom. The molecule has 0 radical (unpaired) electrons. The lowest BCUT2D eigenvalue weighted by Crippen LogP contribution is -2.40. The molecule has 2 N–H and O–H groups in total. The first kappa shape index (κ1) is 16.9. The van der Waals surface area contributed by atoms with E-state index in [2.05, 4.69) is 10.2 Å². The molecule has 2 rings (SSSR count). The highest BCUT2D eigenvalue weighted by Crippen LogP contribution is 2.17. The average molecular weight is 331 g/mol. The molecule has 0 bridgehead atoms. The van der Waals surface area contributed by atoms with Gasteiger partial charge in [-0.25, -0.2) is 0 Å². The molecule has 0 spiro atoms. The molecular formula is C15H23ClN2O2S. The summed E-state index contributed by atoms with van der Waals surface area (Å²) in [4.78, 5) is 2.46. The van der Waals surface area contributed by atoms with Crippen molar-refractivity contribution in [3.05, 3.63) is 29.3 Å². The van der Waals surface area contributed by atoms with E-state index >= 15 is 0 Å². The molecule has 1 aliphatic heterocycles. The summed E-state index contributed by atoms with van der Waals surface area (Å²) in [6, 6.07) is 7.21. The molecular weight excluding hydrogens is 308 g/mol. The van der Waals surface area contributed by atoms with Crippen LogP contribution in [0.1, 0.15) is 0 Å². The predicted molar refractivity (Wildman–Crippen MR) is 89.6 cm³/mol. The Morgan fingerprint density at radius 3 is 2.95 bits per heavy atom. The van der Waals surface area contributed by atoms with Crippen LogP contribution in [0, 0.1) is 0 Å². The molecule has 1 atom stereocenters. The number of hydrogen-bond donors (Lipinski definition) is 2. The minimum atomic E-state index is -0.513. The van der Waals surface area contributed by atoms with Gasteiger partial charge in [-0.15, -0.1) is 0 Å². The minimum Gasteiger partial charge on any atom is -0.491 e. The second-order valence-electron chi connectivity index (χ2n) is 5.08. The monoisotopic (exact) mass is 330 g/mol. The van der Waals surface area contributed by atoms with Crippen LogP contribution in [-0.2, 0) is 0 Å². The van der Waals surface area contributed by atoms with Crippen LogP contribution in [-0.4, -0.2) is 66.9 Å². The number of halogens is 1. The van der Waals surface area contributed by atoms with Crippen LogP contribution in [0.25, 0.3) is 0 Å². The SMILES string of the molecule is OC(CNCCN1CCSCC1)COc1cccc(Cl)c1. The summed E-state index contributed by atoms with van der Waals surface area (Å²) in [7, 11) is 0. The topological polar surface area (TPSA) is 44.7 Å². The Morgan fingerprint density at radius 2 is 2.19 bits per heavy atom. The molecule has 6 heteroatoms. The first-order valence-electron chi connectivity index (χ1n) is 7.31. The maximum absolute atomic E-state index is 9.88. The molecule has 1 saturated heterocycles. The van der Waals surface area contributed by atoms with Crippen LogP contribution in [0.4, 0.5) is 0 Å². The Bertz CT molecular complexity index is 416. The van der Waals surface area contributed by atoms with Crippen LogP contribution >= 0.6 is 23.4 Å². The number of benzene rings is 1. The normalized spacial score (nSPS) is 17.6. The number of rotatable bonds is 8. The Kier molecular flexibility index (Phi) is 7.68. The van der Waals surface area contributed by atoms with Gasteiger partial charge in [0.05, 0.1) is 0 Å². The van der Waals surface area contributed by atoms with Crippen molar-refractivity contribution < 1.29 is 9.84 Å². The average Bonchev–Trinajstić information content (AvgIpc) is 2.51. The summed E-state index contributed by atoms with van der Waals surface area (Å²) in [5.41, 5.74) is 0. The number of nitrogens with zero attached hydrogens (tertiary/aromatic N) is 1. The first-order valence-corrected chi connectivity index (χ1v) is 8.84. The van der Waals surface area contributed by atoms with Crippen LogP contribution in [0.5, 0.6) is 5.75 Å². The van der Waals surface area contributed by atoms with E-state index in [0.717, 1.165) is 13.1 Å². The highest BCUT2D eigenvalue weighted by atomic mass is 35.5. The molecule has 4 nitrogen and oxygen atoms in total. The van der Waals surface area contributed by atoms with E-state index in [4.69, 9.17) is 16.3 Å². The fourth-order valence-electron chi connectivity index (χ4n) is 2.14. The lowest BCUT2D eigenvalue weighted by molar-refractivity contribution is 0.106. The Balaban J connectivity index is 1.54. The molecule has 0 saturated carbocycles. The van der Waals surface area contributed by atoms with Gasteiger partial charge in [0, 0.05) is 49.3 Å². The lowest BCUT2D eigenvalue weighted by atomic mass is 10.3. The Labute approximate surface area is 135 Å². The fourth-order valence-corrected chi connectivity index (χ4v) is 3.30. The summed E-state index contributed by atoms with van der Waals surface area (Å²) < 4.78 is 5.51. The van der Waals surface area contributed by atoms with E-state index in [1.807, 2.05) is 23.9 Å². The van der Waals surface area contributed by atoms with Gasteiger partial charge in [0.15, 0.2) is 0 Å². The van der Waals surface area contributed by atoms with Gasteiger partial charge in [-0.1, -0.05) is 17.7 Å². The van der Waals surface area contributed by atoms with Gasteiger partial charge in [-0.2, -0.15) is 11.8 Å². The van der Waals surface area contributed by atoms with E-state index < -0.39 is 6.10 Å². The van der Waals surface area contributed by atoms with Gasteiger partial charge in [0.2, 0.25) is 0 Å². The smallest absolute Gasteiger partial charge is 0.120 e. The maximum atomic E-state index is 9.88. The van der Waals surface area contributed by atoms with E-state index in [0.29, 0.717) is 17.3 Å². The van der Waals surface area contributed by atoms with E-state index in [9.17, 15) is 5.11 Å². The van der Waals surface area contributed by atoms with Crippen LogP contribution in [0.2, 0.25) is 5.02 Å². The second kappa shape index (κ2) is 9.54. The molecule has 1 aromatic rings. The van der Waals surface area contributed by atoms with Gasteiger partial charge in [-0.05, 0) is 18.2 Å². The number of thioether (sulfide) groups is 1. The Hall–Kier alpha value is -0.460. The highest BCUT2D eigenvalue weighted by molar-refractivity contribution is 7.99. The molecule has 21 heavy (non-hydrogen) atoms. The molecule has 1 heterocycles. The molecule has 118 valence electrons. The highest BCUT2D eigenvalue weighted by Gasteiger charge is 2.10. The number of hydrogen-bond acceptors (Lipinski definition) is 5. The third-order valence-electron chi connectivity index (χ3n) is 3.33. The van der Waals surface area contributed by atoms with Crippen molar-refractivity contribution in [1.82, 2.24) is 10.2 Å². The summed E-state index contributed by atoms with van der Waals surface area (Å²) in [5, 5.41) is 13.8. The van der Waals surface area contributed by atoms with E-state index in [1.165, 1.54) is 24.6 Å². The van der Waals surface area contributed by atoms with Crippen molar-refractivity contribution >= 4 is 23.4 Å². The molecule has 0 aromatic heterocycles. The fraction of sp³-hybridized carbons (Fsp3) is 0.600. The molecule has 1 aromatic carbocycles. The van der Waals surface area contributed by atoms with Crippen LogP contribution in [0.3, 0.4) is 0 Å². The standard InChI is InChI=1S/C15H23ClN2O2S/c16-13-2-1-3-15(10-13)20-12-14(19)11-17-4-5-18-6-8-21-9-7-18/h1-3,10,14,17,19H,4-9,11-12H2. The van der Waals surface area contributed by atoms with Crippen molar-refractivity contribution in [2.24, 2.45) is 0 Å². The minimum absolute atomic E-state index is 0.272. The maximum Gasteiger partial charge on any atom is 0.120 e. The van der Waals surface area contributed by atoms with Crippen molar-refractivity contribution in [2.45, 2.75) is 6.10 Å². The van der Waals surface area contributed by atoms with Crippen LogP contribution in [0.15, 0.2) is 24.3 Å². The van der Waals surface area contributed by atoms with Crippen LogP contribution < -0.4 is 10.1 Å². The lowest BCUT2D eigenvalue weighted by Gasteiger charge is -2.26.